The van der Waals surface area contributed by atoms with Crippen LogP contribution in [0.3, 0.4) is 0 Å². The first kappa shape index (κ1) is 20.1. The van der Waals surface area contributed by atoms with Crippen molar-refractivity contribution in [2.45, 2.75) is 6.92 Å². The van der Waals surface area contributed by atoms with Crippen LogP contribution in [0, 0.1) is 5.92 Å². The van der Waals surface area contributed by atoms with Crippen molar-refractivity contribution < 1.29 is 14.4 Å². The number of amides is 3. The molecule has 1 saturated heterocycles. The number of nitrogens with one attached hydrogen (secondary N) is 1. The van der Waals surface area contributed by atoms with Crippen molar-refractivity contribution >= 4 is 68.1 Å². The predicted octanol–water partition coefficient (Wildman–Crippen LogP) is 3.16. The lowest BCUT2D eigenvalue weighted by atomic mass is 9.98. The summed E-state index contributed by atoms with van der Waals surface area (Å²) < 4.78 is 0.839. The second kappa shape index (κ2) is 7.92. The van der Waals surface area contributed by atoms with Gasteiger partial charge in [0.25, 0.3) is 17.7 Å². The van der Waals surface area contributed by atoms with Crippen LogP contribution in [0.4, 0.5) is 11.4 Å². The summed E-state index contributed by atoms with van der Waals surface area (Å²) in [4.78, 5) is 39.8. The highest BCUT2D eigenvalue weighted by molar-refractivity contribution is 9.10. The standard InChI is InChI=1S/C21H15BrN4O3S/c1-12-16(20(29)26(24-12)15-5-3-2-4-6-15)11-17-18(27)23-21(30)25(19(17)28)14-9-7-13(22)8-10-14/h2-11,16H,1H3,(H,23,27,30)/b17-11-. The van der Waals surface area contributed by atoms with Gasteiger partial charge in [0, 0.05) is 4.47 Å². The molecule has 0 aliphatic carbocycles. The molecule has 2 aromatic carbocycles. The quantitative estimate of drug-likeness (QED) is 0.413. The Bertz CT molecular complexity index is 1130. The van der Waals surface area contributed by atoms with E-state index in [1.165, 1.54) is 16.0 Å². The van der Waals surface area contributed by atoms with Gasteiger partial charge in [-0.05, 0) is 61.6 Å². The topological polar surface area (TPSA) is 82.1 Å². The number of hydrogen-bond acceptors (Lipinski definition) is 5. The number of benzene rings is 2. The van der Waals surface area contributed by atoms with Crippen molar-refractivity contribution in [2.75, 3.05) is 9.91 Å². The molecule has 0 saturated carbocycles. The number of halogens is 1. The Morgan fingerprint density at radius 1 is 1.03 bits per heavy atom. The number of thiocarbonyl (C=S) groups is 1. The van der Waals surface area contributed by atoms with Gasteiger partial charge in [-0.15, -0.1) is 0 Å². The number of hydrazone groups is 1. The number of rotatable bonds is 3. The maximum atomic E-state index is 13.1. The highest BCUT2D eigenvalue weighted by atomic mass is 79.9. The normalized spacial score (nSPS) is 20.7. The summed E-state index contributed by atoms with van der Waals surface area (Å²) in [6.45, 7) is 1.69. The maximum Gasteiger partial charge on any atom is 0.269 e. The van der Waals surface area contributed by atoms with E-state index in [1.807, 2.05) is 6.07 Å². The minimum atomic E-state index is -0.826. The van der Waals surface area contributed by atoms with Crippen LogP contribution in [0.1, 0.15) is 6.92 Å². The van der Waals surface area contributed by atoms with Gasteiger partial charge >= 0.3 is 0 Å². The van der Waals surface area contributed by atoms with E-state index < -0.39 is 17.7 Å². The SMILES string of the molecule is CC1=NN(c2ccccc2)C(=O)C1/C=C1/C(=O)NC(=S)N(c2ccc(Br)cc2)C1=O. The lowest BCUT2D eigenvalue weighted by molar-refractivity contribution is -0.122. The van der Waals surface area contributed by atoms with Gasteiger partial charge in [0.05, 0.1) is 23.0 Å². The van der Waals surface area contributed by atoms with E-state index in [9.17, 15) is 14.4 Å². The third-order valence-corrected chi connectivity index (χ3v) is 5.52. The minimum Gasteiger partial charge on any atom is -0.298 e. The predicted molar refractivity (Wildman–Crippen MR) is 121 cm³/mol. The Labute approximate surface area is 186 Å². The molecule has 30 heavy (non-hydrogen) atoms. The van der Waals surface area contributed by atoms with Crippen molar-refractivity contribution in [2.24, 2.45) is 11.0 Å². The lowest BCUT2D eigenvalue weighted by Crippen LogP contribution is -2.54. The molecular formula is C21H15BrN4O3S. The zero-order chi connectivity index (χ0) is 21.4. The Balaban J connectivity index is 1.67. The molecule has 1 unspecified atom stereocenters. The maximum absolute atomic E-state index is 13.1. The monoisotopic (exact) mass is 482 g/mol. The second-order valence-electron chi connectivity index (χ2n) is 6.66. The van der Waals surface area contributed by atoms with Crippen LogP contribution in [0.5, 0.6) is 0 Å². The molecule has 2 heterocycles. The smallest absolute Gasteiger partial charge is 0.269 e. The summed E-state index contributed by atoms with van der Waals surface area (Å²) in [5.74, 6) is -2.40. The van der Waals surface area contributed by atoms with Crippen molar-refractivity contribution in [1.82, 2.24) is 5.32 Å². The van der Waals surface area contributed by atoms with E-state index in [4.69, 9.17) is 12.2 Å². The molecule has 0 aromatic heterocycles. The Morgan fingerprint density at radius 3 is 2.37 bits per heavy atom. The molecule has 150 valence electrons. The first-order valence-corrected chi connectivity index (χ1v) is 10.2. The fourth-order valence-electron chi connectivity index (χ4n) is 3.19. The molecule has 7 nitrogen and oxygen atoms in total. The van der Waals surface area contributed by atoms with E-state index >= 15 is 0 Å². The van der Waals surface area contributed by atoms with Gasteiger partial charge in [-0.3, -0.25) is 24.6 Å². The average molecular weight is 483 g/mol. The van der Waals surface area contributed by atoms with Gasteiger partial charge in [0.15, 0.2) is 5.11 Å². The van der Waals surface area contributed by atoms with E-state index in [0.29, 0.717) is 17.1 Å². The summed E-state index contributed by atoms with van der Waals surface area (Å²) in [5, 5.41) is 8.09. The largest absolute Gasteiger partial charge is 0.298 e. The molecule has 1 fully saturated rings. The molecule has 1 atom stereocenters. The number of anilines is 2. The molecular weight excluding hydrogens is 468 g/mol. The Morgan fingerprint density at radius 2 is 1.70 bits per heavy atom. The average Bonchev–Trinajstić information content (AvgIpc) is 3.01. The first-order chi connectivity index (χ1) is 14.4. The van der Waals surface area contributed by atoms with Gasteiger partial charge in [-0.25, -0.2) is 0 Å². The molecule has 0 spiro atoms. The molecule has 2 aliphatic heterocycles. The van der Waals surface area contributed by atoms with E-state index in [2.05, 4.69) is 26.3 Å². The van der Waals surface area contributed by atoms with Crippen molar-refractivity contribution in [3.05, 3.63) is 70.7 Å². The number of nitrogens with zero attached hydrogens (tertiary/aromatic N) is 3. The zero-order valence-corrected chi connectivity index (χ0v) is 18.1. The van der Waals surface area contributed by atoms with Crippen LogP contribution in [0.2, 0.25) is 0 Å². The number of para-hydroxylation sites is 1. The number of hydrogen-bond donors (Lipinski definition) is 1. The Hall–Kier alpha value is -3.17. The minimum absolute atomic E-state index is 0.0153. The first-order valence-electron chi connectivity index (χ1n) is 8.98. The highest BCUT2D eigenvalue weighted by Gasteiger charge is 2.39. The van der Waals surface area contributed by atoms with Crippen LogP contribution in [0.25, 0.3) is 0 Å². The summed E-state index contributed by atoms with van der Waals surface area (Å²) in [6.07, 6.45) is 1.36. The van der Waals surface area contributed by atoms with Gasteiger partial charge in [0.1, 0.15) is 5.57 Å². The molecule has 2 aromatic rings. The van der Waals surface area contributed by atoms with Crippen LogP contribution >= 0.6 is 28.1 Å². The molecule has 4 rings (SSSR count). The molecule has 3 amide bonds. The van der Waals surface area contributed by atoms with Gasteiger partial charge < -0.3 is 0 Å². The summed E-state index contributed by atoms with van der Waals surface area (Å²) >= 11 is 8.54. The summed E-state index contributed by atoms with van der Waals surface area (Å²) in [5.41, 5.74) is 1.45. The molecule has 0 bridgehead atoms. The summed E-state index contributed by atoms with van der Waals surface area (Å²) in [7, 11) is 0. The number of carbonyl (C=O) groups is 3. The zero-order valence-electron chi connectivity index (χ0n) is 15.7. The lowest BCUT2D eigenvalue weighted by Gasteiger charge is -2.29. The van der Waals surface area contributed by atoms with Gasteiger partial charge in [0.2, 0.25) is 0 Å². The van der Waals surface area contributed by atoms with E-state index in [-0.39, 0.29) is 16.6 Å². The van der Waals surface area contributed by atoms with E-state index in [0.717, 1.165) is 4.47 Å². The van der Waals surface area contributed by atoms with Crippen molar-refractivity contribution in [3.8, 4) is 0 Å². The van der Waals surface area contributed by atoms with Crippen LogP contribution in [-0.2, 0) is 14.4 Å². The van der Waals surface area contributed by atoms with Gasteiger partial charge in [-0.2, -0.15) is 10.1 Å². The third kappa shape index (κ3) is 3.57. The van der Waals surface area contributed by atoms with Crippen molar-refractivity contribution in [3.63, 3.8) is 0 Å². The highest BCUT2D eigenvalue weighted by Crippen LogP contribution is 2.27. The number of carbonyl (C=O) groups excluding carboxylic acids is 3. The molecule has 0 radical (unpaired) electrons. The van der Waals surface area contributed by atoms with Crippen molar-refractivity contribution in [1.29, 1.82) is 0 Å². The molecule has 1 N–H and O–H groups in total. The Kier molecular flexibility index (Phi) is 5.31. The third-order valence-electron chi connectivity index (χ3n) is 4.70. The van der Waals surface area contributed by atoms with E-state index in [1.54, 1.807) is 55.5 Å². The fourth-order valence-corrected chi connectivity index (χ4v) is 3.74. The van der Waals surface area contributed by atoms with Crippen LogP contribution in [-0.4, -0.2) is 28.5 Å². The molecule has 9 heteroatoms. The van der Waals surface area contributed by atoms with Gasteiger partial charge in [-0.1, -0.05) is 34.1 Å². The van der Waals surface area contributed by atoms with Crippen LogP contribution in [0.15, 0.2) is 75.8 Å². The summed E-state index contributed by atoms with van der Waals surface area (Å²) in [6, 6.07) is 15.9. The molecule has 2 aliphatic rings. The fraction of sp³-hybridized carbons (Fsp3) is 0.0952. The second-order valence-corrected chi connectivity index (χ2v) is 7.96. The van der Waals surface area contributed by atoms with Crippen LogP contribution < -0.4 is 15.2 Å².